The lowest BCUT2D eigenvalue weighted by Crippen LogP contribution is -2.26. The van der Waals surface area contributed by atoms with Crippen LogP contribution in [0.25, 0.3) is 54.9 Å². The Morgan fingerprint density at radius 3 is 2.34 bits per heavy atom. The molecule has 1 unspecified atom stereocenters. The number of hydrogen-bond donors (Lipinski definition) is 0. The quantitative estimate of drug-likeness (QED) is 0.154. The summed E-state index contributed by atoms with van der Waals surface area (Å²) < 4.78 is 79.3. The first-order chi connectivity index (χ1) is 22.3. The lowest BCUT2D eigenvalue weighted by molar-refractivity contribution is -0.197. The van der Waals surface area contributed by atoms with Crippen molar-refractivity contribution in [3.05, 3.63) is 90.3 Å². The number of ether oxygens (including phenoxy) is 1. The molecule has 1 atom stereocenters. The highest BCUT2D eigenvalue weighted by atomic mass is 32.2. The first-order valence-electron chi connectivity index (χ1n) is 14.3. The number of benzene rings is 3. The normalized spacial score (nSPS) is 13.2. The molecule has 0 amide bonds. The SMILES string of the molecule is CC(C)c1noc(-c2ccc(C(Oc3nc4ccc(-c5ccc(S(C)(=O)=O)cc5)nc4s3)C(F)(F)F)c3nc4ccccc4cc23)n1. The Hall–Kier alpha value is -4.95. The number of halogens is 3. The first-order valence-corrected chi connectivity index (χ1v) is 17.0. The van der Waals surface area contributed by atoms with Crippen LogP contribution in [0, 0.1) is 0 Å². The van der Waals surface area contributed by atoms with E-state index in [1.165, 1.54) is 24.3 Å². The molecule has 0 aliphatic heterocycles. The van der Waals surface area contributed by atoms with Gasteiger partial charge in [0, 0.05) is 39.6 Å². The van der Waals surface area contributed by atoms with Gasteiger partial charge in [-0.15, -0.1) is 0 Å². The van der Waals surface area contributed by atoms with E-state index in [-0.39, 0.29) is 33.0 Å². The van der Waals surface area contributed by atoms with Gasteiger partial charge in [-0.2, -0.15) is 18.2 Å². The Labute approximate surface area is 270 Å². The molecule has 7 rings (SSSR count). The van der Waals surface area contributed by atoms with E-state index in [0.717, 1.165) is 23.0 Å². The highest BCUT2D eigenvalue weighted by Gasteiger charge is 2.45. The second-order valence-corrected chi connectivity index (χ2v) is 14.2. The van der Waals surface area contributed by atoms with Gasteiger partial charge < -0.3 is 9.26 Å². The molecule has 0 aliphatic carbocycles. The van der Waals surface area contributed by atoms with Crippen LogP contribution in [0.15, 0.2) is 88.3 Å². The van der Waals surface area contributed by atoms with Crippen LogP contribution in [0.3, 0.4) is 0 Å². The minimum absolute atomic E-state index is 0.0141. The van der Waals surface area contributed by atoms with Crippen LogP contribution in [0.5, 0.6) is 5.19 Å². The van der Waals surface area contributed by atoms with E-state index in [2.05, 4.69) is 25.1 Å². The maximum absolute atomic E-state index is 14.8. The van der Waals surface area contributed by atoms with Gasteiger partial charge in [-0.3, -0.25) is 0 Å². The van der Waals surface area contributed by atoms with E-state index < -0.39 is 22.1 Å². The van der Waals surface area contributed by atoms with Crippen molar-refractivity contribution in [1.82, 2.24) is 25.1 Å². The van der Waals surface area contributed by atoms with Gasteiger partial charge in [0.25, 0.3) is 11.1 Å². The molecular weight excluding hydrogens is 652 g/mol. The molecule has 4 aromatic heterocycles. The van der Waals surface area contributed by atoms with Crippen molar-refractivity contribution in [3.8, 4) is 27.9 Å². The molecule has 0 saturated carbocycles. The van der Waals surface area contributed by atoms with Gasteiger partial charge in [-0.25, -0.2) is 23.4 Å². The highest BCUT2D eigenvalue weighted by Crippen LogP contribution is 2.43. The number of thiazole rings is 1. The Kier molecular flexibility index (Phi) is 7.43. The molecule has 4 heterocycles. The molecule has 0 N–H and O–H groups in total. The third-order valence-corrected chi connectivity index (χ3v) is 9.50. The Balaban J connectivity index is 1.30. The summed E-state index contributed by atoms with van der Waals surface area (Å²) in [5, 5.41) is 4.93. The van der Waals surface area contributed by atoms with Gasteiger partial charge in [-0.05, 0) is 42.5 Å². The summed E-state index contributed by atoms with van der Waals surface area (Å²) in [6.07, 6.45) is -6.13. The number of hydrogen-bond acceptors (Lipinski definition) is 10. The number of pyridine rings is 2. The lowest BCUT2D eigenvalue weighted by atomic mass is 9.98. The number of fused-ring (bicyclic) bond motifs is 3. The van der Waals surface area contributed by atoms with Crippen LogP contribution in [-0.2, 0) is 9.84 Å². The standard InChI is InChI=1S/C33H24F3N5O4S2/c1-17(2)29-40-30(45-41-29)21-12-13-22(27-23(21)16-19-6-4-5-7-24(19)37-27)28(33(34,35)36)44-32-39-26-15-14-25(38-31(26)46-32)18-8-10-20(11-9-18)47(3,42)43/h4-17,28H,1-3H3. The van der Waals surface area contributed by atoms with Gasteiger partial charge in [0.2, 0.25) is 6.10 Å². The van der Waals surface area contributed by atoms with E-state index in [9.17, 15) is 21.6 Å². The van der Waals surface area contributed by atoms with Crippen LogP contribution in [0.1, 0.15) is 37.3 Å². The third-order valence-electron chi connectivity index (χ3n) is 7.52. The Morgan fingerprint density at radius 2 is 1.64 bits per heavy atom. The van der Waals surface area contributed by atoms with Crippen molar-refractivity contribution >= 4 is 53.3 Å². The van der Waals surface area contributed by atoms with Crippen molar-refractivity contribution < 1.29 is 30.8 Å². The smallest absolute Gasteiger partial charge is 0.429 e. The average Bonchev–Trinajstić information content (AvgIpc) is 3.69. The number of alkyl halides is 3. The van der Waals surface area contributed by atoms with Crippen LogP contribution in [0.4, 0.5) is 13.2 Å². The summed E-state index contributed by atoms with van der Waals surface area (Å²) in [6.45, 7) is 3.82. The zero-order valence-electron chi connectivity index (χ0n) is 25.0. The maximum Gasteiger partial charge on any atom is 0.429 e. The summed E-state index contributed by atoms with van der Waals surface area (Å²) in [4.78, 5) is 18.5. The molecule has 0 radical (unpaired) electrons. The molecule has 0 spiro atoms. The van der Waals surface area contributed by atoms with Gasteiger partial charge in [0.05, 0.1) is 21.6 Å². The Morgan fingerprint density at radius 1 is 0.872 bits per heavy atom. The van der Waals surface area contributed by atoms with E-state index in [1.54, 1.807) is 42.5 Å². The second-order valence-electron chi connectivity index (χ2n) is 11.2. The van der Waals surface area contributed by atoms with Gasteiger partial charge in [0.15, 0.2) is 15.7 Å². The number of sulfone groups is 1. The summed E-state index contributed by atoms with van der Waals surface area (Å²) in [5.41, 5.74) is 2.31. The number of nitrogens with zero attached hydrogens (tertiary/aromatic N) is 5. The first kappa shape index (κ1) is 30.7. The van der Waals surface area contributed by atoms with Crippen LogP contribution in [-0.4, -0.2) is 45.9 Å². The van der Waals surface area contributed by atoms with Crippen LogP contribution in [0.2, 0.25) is 0 Å². The highest BCUT2D eigenvalue weighted by molar-refractivity contribution is 7.90. The fourth-order valence-electron chi connectivity index (χ4n) is 5.15. The van der Waals surface area contributed by atoms with Crippen molar-refractivity contribution in [2.45, 2.75) is 36.9 Å². The van der Waals surface area contributed by atoms with Gasteiger partial charge in [0.1, 0.15) is 10.3 Å². The summed E-state index contributed by atoms with van der Waals surface area (Å²) in [7, 11) is -3.38. The van der Waals surface area contributed by atoms with E-state index in [1.807, 2.05) is 26.0 Å². The van der Waals surface area contributed by atoms with E-state index in [0.29, 0.717) is 43.9 Å². The molecule has 9 nitrogen and oxygen atoms in total. The largest absolute Gasteiger partial charge is 0.452 e. The molecule has 0 aliphatic rings. The van der Waals surface area contributed by atoms with E-state index in [4.69, 9.17) is 9.26 Å². The van der Waals surface area contributed by atoms with Crippen molar-refractivity contribution in [2.24, 2.45) is 0 Å². The van der Waals surface area contributed by atoms with Crippen LogP contribution < -0.4 is 4.74 Å². The summed E-state index contributed by atoms with van der Waals surface area (Å²) >= 11 is 0.872. The summed E-state index contributed by atoms with van der Waals surface area (Å²) in [6, 6.07) is 21.2. The fraction of sp³-hybridized carbons (Fsp3) is 0.182. The van der Waals surface area contributed by atoms with Crippen LogP contribution >= 0.6 is 11.3 Å². The van der Waals surface area contributed by atoms with Gasteiger partial charge in [-0.1, -0.05) is 66.7 Å². The molecule has 0 bridgehead atoms. The molecular formula is C33H24F3N5O4S2. The van der Waals surface area contributed by atoms with E-state index >= 15 is 0 Å². The zero-order valence-corrected chi connectivity index (χ0v) is 26.6. The molecule has 7 aromatic rings. The lowest BCUT2D eigenvalue weighted by Gasteiger charge is -2.22. The molecule has 3 aromatic carbocycles. The monoisotopic (exact) mass is 675 g/mol. The third kappa shape index (κ3) is 5.89. The molecule has 47 heavy (non-hydrogen) atoms. The second kappa shape index (κ2) is 11.4. The topological polar surface area (TPSA) is 121 Å². The number of para-hydroxylation sites is 1. The predicted octanol–water partition coefficient (Wildman–Crippen LogP) is 8.32. The zero-order chi connectivity index (χ0) is 33.1. The predicted molar refractivity (Wildman–Crippen MR) is 172 cm³/mol. The van der Waals surface area contributed by atoms with Crippen molar-refractivity contribution in [3.63, 3.8) is 0 Å². The number of rotatable bonds is 7. The molecule has 14 heteroatoms. The van der Waals surface area contributed by atoms with Gasteiger partial charge >= 0.3 is 6.18 Å². The number of aromatic nitrogens is 5. The minimum Gasteiger partial charge on any atom is -0.452 e. The molecule has 0 saturated heterocycles. The minimum atomic E-state index is -4.84. The fourth-order valence-corrected chi connectivity index (χ4v) is 6.60. The summed E-state index contributed by atoms with van der Waals surface area (Å²) in [5.74, 6) is 0.631. The molecule has 0 fully saturated rings. The Bertz CT molecular complexity index is 2410. The van der Waals surface area contributed by atoms with Crippen molar-refractivity contribution in [2.75, 3.05) is 6.26 Å². The van der Waals surface area contributed by atoms with Crippen molar-refractivity contribution in [1.29, 1.82) is 0 Å². The molecule has 238 valence electrons. The maximum atomic E-state index is 14.8. The average molecular weight is 676 g/mol.